The smallest absolute Gasteiger partial charge is 0.414 e. The van der Waals surface area contributed by atoms with E-state index in [9.17, 15) is 14.7 Å². The van der Waals surface area contributed by atoms with Gasteiger partial charge in [0.05, 0.1) is 11.5 Å². The van der Waals surface area contributed by atoms with Gasteiger partial charge >= 0.3 is 6.09 Å². The Hall–Kier alpha value is -5.19. The fourth-order valence-corrected chi connectivity index (χ4v) is 10.4. The molecule has 0 aliphatic rings. The molecule has 0 spiro atoms. The molecule has 0 aliphatic carbocycles. The molecule has 236 valence electrons. The Kier molecular flexibility index (Phi) is 9.51. The van der Waals surface area contributed by atoms with Gasteiger partial charge in [-0.05, 0) is 73.4 Å². The largest absolute Gasteiger partial charge is 0.502 e. The van der Waals surface area contributed by atoms with Gasteiger partial charge in [-0.25, -0.2) is 4.79 Å². The maximum Gasteiger partial charge on any atom is 0.414 e. The Morgan fingerprint density at radius 1 is 0.745 bits per heavy atom. The topological polar surface area (TPSA) is 80.0 Å². The number of aryl methyl sites for hydroxylation is 1. The van der Waals surface area contributed by atoms with Gasteiger partial charge in [0.15, 0.2) is 16.8 Å². The van der Waals surface area contributed by atoms with Crippen molar-refractivity contribution in [3.05, 3.63) is 149 Å². The monoisotopic (exact) mass is 642 g/mol. The zero-order valence-corrected chi connectivity index (χ0v) is 27.4. The summed E-state index contributed by atoms with van der Waals surface area (Å²) in [6.45, 7) is 0. The van der Waals surface area contributed by atoms with Crippen molar-refractivity contribution >= 4 is 40.2 Å². The van der Waals surface area contributed by atoms with Crippen molar-refractivity contribution in [1.82, 2.24) is 4.90 Å². The van der Waals surface area contributed by atoms with Crippen LogP contribution in [-0.4, -0.2) is 36.4 Å². The molecule has 0 radical (unpaired) electrons. The van der Waals surface area contributed by atoms with Crippen LogP contribution in [0.4, 0.5) is 4.79 Å². The van der Waals surface area contributed by atoms with Crippen LogP contribution in [0.5, 0.6) is 11.5 Å². The molecule has 6 aromatic rings. The summed E-state index contributed by atoms with van der Waals surface area (Å²) in [6.07, 6.45) is 3.43. The fraction of sp³-hybridized carbons (Fsp3) is 0.150. The molecule has 0 saturated heterocycles. The summed E-state index contributed by atoms with van der Waals surface area (Å²) >= 11 is 0. The van der Waals surface area contributed by atoms with Gasteiger partial charge in [0, 0.05) is 25.7 Å². The first-order valence-corrected chi connectivity index (χ1v) is 17.7. The molecule has 0 bridgehead atoms. The molecule has 0 atom stereocenters. The maximum atomic E-state index is 12.9. The second-order valence-corrected chi connectivity index (χ2v) is 15.3. The molecule has 6 rings (SSSR count). The normalized spacial score (nSPS) is 11.4. The Labute approximate surface area is 275 Å². The van der Waals surface area contributed by atoms with E-state index in [0.717, 1.165) is 25.4 Å². The molecule has 0 fully saturated rings. The second-order valence-electron chi connectivity index (χ2n) is 11.7. The zero-order valence-electron chi connectivity index (χ0n) is 26.5. The maximum absolute atomic E-state index is 12.9. The second kappa shape index (κ2) is 14.1. The van der Waals surface area contributed by atoms with Crippen molar-refractivity contribution in [3.63, 3.8) is 0 Å². The standard InChI is InChI=1S/C40H36NO5P/c1-41(2)40(44)46-36-26-25-34-35(42)28-37(45-39(34)38(36)43)30-23-21-29(22-24-30)14-12-13-27-47(31-15-6-3-7-16-31,32-17-8-4-9-18-32)33-19-10-5-11-20-33/h3-11,15-26,28H,12-14,27H2,1-2H3/p+1. The van der Waals surface area contributed by atoms with E-state index in [1.807, 2.05) is 12.1 Å². The molecular formula is C40H37NO5P+. The van der Waals surface area contributed by atoms with Gasteiger partial charge in [0.1, 0.15) is 28.9 Å². The predicted octanol–water partition coefficient (Wildman–Crippen LogP) is 7.54. The number of amides is 1. The summed E-state index contributed by atoms with van der Waals surface area (Å²) in [6, 6.07) is 45.1. The molecule has 1 heterocycles. The van der Waals surface area contributed by atoms with Crippen molar-refractivity contribution in [2.24, 2.45) is 0 Å². The fourth-order valence-electron chi connectivity index (χ4n) is 5.99. The summed E-state index contributed by atoms with van der Waals surface area (Å²) in [4.78, 5) is 26.2. The number of ether oxygens (including phenoxy) is 1. The number of hydrogen-bond acceptors (Lipinski definition) is 5. The molecule has 6 nitrogen and oxygen atoms in total. The Morgan fingerprint density at radius 2 is 1.30 bits per heavy atom. The van der Waals surface area contributed by atoms with Crippen molar-refractivity contribution in [2.45, 2.75) is 19.3 Å². The van der Waals surface area contributed by atoms with Gasteiger partial charge in [0.25, 0.3) is 0 Å². The van der Waals surface area contributed by atoms with Crippen LogP contribution < -0.4 is 26.1 Å². The predicted molar refractivity (Wildman–Crippen MR) is 192 cm³/mol. The Balaban J connectivity index is 1.20. The highest BCUT2D eigenvalue weighted by atomic mass is 31.2. The lowest BCUT2D eigenvalue weighted by molar-refractivity contribution is 0.170. The zero-order chi connectivity index (χ0) is 32.8. The number of unbranched alkanes of at least 4 members (excludes halogenated alkanes) is 1. The molecule has 1 N–H and O–H groups in total. The van der Waals surface area contributed by atoms with Crippen LogP contribution in [0, 0.1) is 0 Å². The number of phenolic OH excluding ortho intramolecular Hbond substituents is 1. The van der Waals surface area contributed by atoms with Crippen LogP contribution in [0.2, 0.25) is 0 Å². The lowest BCUT2D eigenvalue weighted by Crippen LogP contribution is -2.33. The van der Waals surface area contributed by atoms with E-state index >= 15 is 0 Å². The lowest BCUT2D eigenvalue weighted by atomic mass is 10.0. The summed E-state index contributed by atoms with van der Waals surface area (Å²) in [7, 11) is 1.22. The number of carbonyl (C=O) groups is 1. The third kappa shape index (κ3) is 6.70. The summed E-state index contributed by atoms with van der Waals surface area (Å²) in [5.74, 6) is -0.151. The number of aromatic hydroxyl groups is 1. The van der Waals surface area contributed by atoms with Crippen molar-refractivity contribution in [1.29, 1.82) is 0 Å². The van der Waals surface area contributed by atoms with Crippen LogP contribution in [0.1, 0.15) is 18.4 Å². The first-order chi connectivity index (χ1) is 22.9. The molecule has 7 heteroatoms. The lowest BCUT2D eigenvalue weighted by Gasteiger charge is -2.27. The van der Waals surface area contributed by atoms with Crippen LogP contribution in [0.25, 0.3) is 22.3 Å². The summed E-state index contributed by atoms with van der Waals surface area (Å²) in [5.41, 5.74) is 1.58. The van der Waals surface area contributed by atoms with Gasteiger partial charge < -0.3 is 19.2 Å². The number of hydrogen-bond donors (Lipinski definition) is 1. The minimum absolute atomic E-state index is 0.0253. The number of benzene rings is 5. The number of phenols is 1. The van der Waals surface area contributed by atoms with E-state index in [4.69, 9.17) is 9.15 Å². The van der Waals surface area contributed by atoms with E-state index in [-0.39, 0.29) is 22.1 Å². The van der Waals surface area contributed by atoms with Gasteiger partial charge in [-0.2, -0.15) is 0 Å². The molecule has 0 aliphatic heterocycles. The highest BCUT2D eigenvalue weighted by Crippen LogP contribution is 2.56. The van der Waals surface area contributed by atoms with Crippen LogP contribution in [0.3, 0.4) is 0 Å². The minimum Gasteiger partial charge on any atom is -0.502 e. The van der Waals surface area contributed by atoms with E-state index in [1.165, 1.54) is 58.7 Å². The Morgan fingerprint density at radius 3 is 1.83 bits per heavy atom. The van der Waals surface area contributed by atoms with Crippen molar-refractivity contribution < 1.29 is 19.1 Å². The van der Waals surface area contributed by atoms with Gasteiger partial charge in [-0.15, -0.1) is 0 Å². The Bertz CT molecular complexity index is 1930. The van der Waals surface area contributed by atoms with Crippen LogP contribution >= 0.6 is 7.26 Å². The molecule has 0 saturated carbocycles. The average molecular weight is 643 g/mol. The molecule has 47 heavy (non-hydrogen) atoms. The molecule has 1 aromatic heterocycles. The molecule has 0 unspecified atom stereocenters. The number of carbonyl (C=O) groups excluding carboxylic acids is 1. The van der Waals surface area contributed by atoms with E-state index < -0.39 is 19.1 Å². The van der Waals surface area contributed by atoms with E-state index in [2.05, 4.69) is 103 Å². The van der Waals surface area contributed by atoms with E-state index in [0.29, 0.717) is 11.3 Å². The van der Waals surface area contributed by atoms with Gasteiger partial charge in [-0.1, -0.05) is 78.9 Å². The van der Waals surface area contributed by atoms with Gasteiger partial charge in [-0.3, -0.25) is 4.79 Å². The van der Waals surface area contributed by atoms with Crippen LogP contribution in [-0.2, 0) is 6.42 Å². The summed E-state index contributed by atoms with van der Waals surface area (Å²) < 4.78 is 11.2. The van der Waals surface area contributed by atoms with Crippen molar-refractivity contribution in [2.75, 3.05) is 20.3 Å². The van der Waals surface area contributed by atoms with Crippen LogP contribution in [0.15, 0.2) is 143 Å². The van der Waals surface area contributed by atoms with Gasteiger partial charge in [0.2, 0.25) is 5.75 Å². The highest BCUT2D eigenvalue weighted by Gasteiger charge is 2.44. The highest BCUT2D eigenvalue weighted by molar-refractivity contribution is 7.95. The van der Waals surface area contributed by atoms with Crippen molar-refractivity contribution in [3.8, 4) is 22.8 Å². The molecular weight excluding hydrogens is 605 g/mol. The first kappa shape index (κ1) is 31.8. The molecule has 1 amide bonds. The minimum atomic E-state index is -1.86. The summed E-state index contributed by atoms with van der Waals surface area (Å²) in [5, 5.41) is 15.2. The quantitative estimate of drug-likeness (QED) is 0.123. The third-order valence-corrected chi connectivity index (χ3v) is 13.0. The average Bonchev–Trinajstić information content (AvgIpc) is 3.11. The SMILES string of the molecule is CN(C)C(=O)Oc1ccc2c(=O)cc(-c3ccc(CCCC[P+](c4ccccc4)(c4ccccc4)c4ccccc4)cc3)oc2c1O. The van der Waals surface area contributed by atoms with E-state index in [1.54, 1.807) is 0 Å². The first-order valence-electron chi connectivity index (χ1n) is 15.7. The third-order valence-electron chi connectivity index (χ3n) is 8.43. The number of fused-ring (bicyclic) bond motifs is 1. The molecule has 5 aromatic carbocycles. The number of rotatable bonds is 10. The number of nitrogens with zero attached hydrogens (tertiary/aromatic N) is 1.